The summed E-state index contributed by atoms with van der Waals surface area (Å²) in [6.45, 7) is 2.63. The van der Waals surface area contributed by atoms with Crippen LogP contribution in [0.2, 0.25) is 0 Å². The Morgan fingerprint density at radius 2 is 1.80 bits per heavy atom. The molecule has 1 heterocycles. The van der Waals surface area contributed by atoms with Crippen molar-refractivity contribution >= 4 is 11.9 Å². The van der Waals surface area contributed by atoms with Gasteiger partial charge in [-0.05, 0) is 6.92 Å². The molecule has 0 bridgehead atoms. The lowest BCUT2D eigenvalue weighted by atomic mass is 10.4. The summed E-state index contributed by atoms with van der Waals surface area (Å²) in [5, 5.41) is 0. The molecule has 0 fully saturated rings. The number of rotatable bonds is 5. The highest BCUT2D eigenvalue weighted by atomic mass is 16.5. The number of hydrogen-bond donors (Lipinski definition) is 2. The monoisotopic (exact) mass is 213 g/mol. The van der Waals surface area contributed by atoms with Crippen LogP contribution in [0.4, 0.5) is 11.9 Å². The molecular formula is C8H15N5O2. The molecule has 0 aliphatic carbocycles. The largest absolute Gasteiger partial charge is 0.382 e. The van der Waals surface area contributed by atoms with Gasteiger partial charge in [0.2, 0.25) is 11.9 Å². The minimum Gasteiger partial charge on any atom is -0.382 e. The Labute approximate surface area is 87.8 Å². The number of nitrogens with two attached hydrogens (primary N) is 2. The van der Waals surface area contributed by atoms with Gasteiger partial charge >= 0.3 is 0 Å². The van der Waals surface area contributed by atoms with Crippen LogP contribution in [0.5, 0.6) is 0 Å². The van der Waals surface area contributed by atoms with Gasteiger partial charge in [-0.15, -0.1) is 0 Å². The van der Waals surface area contributed by atoms with Crippen LogP contribution in [0.25, 0.3) is 0 Å². The zero-order chi connectivity index (χ0) is 11.3. The normalized spacial score (nSPS) is 12.7. The second-order valence-corrected chi connectivity index (χ2v) is 3.04. The molecule has 7 heteroatoms. The summed E-state index contributed by atoms with van der Waals surface area (Å²) in [6.07, 6.45) is -0.0331. The third-order valence-electron chi connectivity index (χ3n) is 1.61. The third-order valence-corrected chi connectivity index (χ3v) is 1.61. The lowest BCUT2D eigenvalue weighted by Gasteiger charge is -2.10. The van der Waals surface area contributed by atoms with E-state index in [2.05, 4.69) is 15.0 Å². The van der Waals surface area contributed by atoms with Gasteiger partial charge in [-0.25, -0.2) is 0 Å². The number of nitrogen functional groups attached to an aromatic ring is 2. The van der Waals surface area contributed by atoms with Gasteiger partial charge in [0.15, 0.2) is 5.82 Å². The second kappa shape index (κ2) is 5.42. The molecule has 1 aromatic rings. The summed E-state index contributed by atoms with van der Waals surface area (Å²) in [5.74, 6) is 0.615. The lowest BCUT2D eigenvalue weighted by Crippen LogP contribution is -2.16. The number of methoxy groups -OCH3 is 1. The van der Waals surface area contributed by atoms with Crippen LogP contribution in [-0.4, -0.2) is 34.8 Å². The zero-order valence-electron chi connectivity index (χ0n) is 8.80. The summed E-state index contributed by atoms with van der Waals surface area (Å²) < 4.78 is 10.3. The first-order valence-corrected chi connectivity index (χ1v) is 4.48. The molecule has 15 heavy (non-hydrogen) atoms. The quantitative estimate of drug-likeness (QED) is 0.684. The Balaban J connectivity index is 2.50. The summed E-state index contributed by atoms with van der Waals surface area (Å²) in [4.78, 5) is 11.4. The van der Waals surface area contributed by atoms with Crippen molar-refractivity contribution in [1.29, 1.82) is 0 Å². The van der Waals surface area contributed by atoms with Crippen LogP contribution in [0.1, 0.15) is 12.7 Å². The fourth-order valence-corrected chi connectivity index (χ4v) is 1.02. The molecule has 0 spiro atoms. The third kappa shape index (κ3) is 4.05. The molecule has 1 unspecified atom stereocenters. The number of aromatic nitrogens is 3. The molecule has 0 radical (unpaired) electrons. The SMILES string of the molecule is COCC(C)OCc1nc(N)nc(N)n1. The van der Waals surface area contributed by atoms with Crippen LogP contribution in [-0.2, 0) is 16.1 Å². The summed E-state index contributed by atoms with van der Waals surface area (Å²) in [6, 6.07) is 0. The molecule has 0 aromatic carbocycles. The molecule has 0 amide bonds. The molecule has 0 saturated carbocycles. The molecule has 0 aliphatic rings. The van der Waals surface area contributed by atoms with Crippen LogP contribution in [0, 0.1) is 0 Å². The van der Waals surface area contributed by atoms with Crippen LogP contribution >= 0.6 is 0 Å². The molecule has 0 saturated heterocycles. The molecule has 4 N–H and O–H groups in total. The highest BCUT2D eigenvalue weighted by molar-refractivity contribution is 5.25. The summed E-state index contributed by atoms with van der Waals surface area (Å²) >= 11 is 0. The van der Waals surface area contributed by atoms with Crippen LogP contribution < -0.4 is 11.5 Å². The predicted molar refractivity (Wildman–Crippen MR) is 54.8 cm³/mol. The number of nitrogens with zero attached hydrogens (tertiary/aromatic N) is 3. The van der Waals surface area contributed by atoms with E-state index in [9.17, 15) is 0 Å². The van der Waals surface area contributed by atoms with E-state index < -0.39 is 0 Å². The van der Waals surface area contributed by atoms with Crippen molar-refractivity contribution < 1.29 is 9.47 Å². The number of anilines is 2. The number of hydrogen-bond acceptors (Lipinski definition) is 7. The molecule has 1 rings (SSSR count). The van der Waals surface area contributed by atoms with Gasteiger partial charge in [-0.3, -0.25) is 0 Å². The van der Waals surface area contributed by atoms with Crippen molar-refractivity contribution in [3.8, 4) is 0 Å². The Kier molecular flexibility index (Phi) is 4.19. The summed E-state index contributed by atoms with van der Waals surface area (Å²) in [5.41, 5.74) is 10.8. The Hall–Kier alpha value is -1.47. The van der Waals surface area contributed by atoms with E-state index in [0.717, 1.165) is 0 Å². The average Bonchev–Trinajstić information content (AvgIpc) is 2.14. The minimum atomic E-state index is -0.0331. The maximum Gasteiger partial charge on any atom is 0.225 e. The van der Waals surface area contributed by atoms with Gasteiger partial charge in [0.1, 0.15) is 6.61 Å². The van der Waals surface area contributed by atoms with E-state index in [1.54, 1.807) is 7.11 Å². The molecular weight excluding hydrogens is 198 g/mol. The Morgan fingerprint density at radius 1 is 1.20 bits per heavy atom. The minimum absolute atomic E-state index is 0.0331. The highest BCUT2D eigenvalue weighted by Gasteiger charge is 2.05. The van der Waals surface area contributed by atoms with E-state index in [-0.39, 0.29) is 24.6 Å². The van der Waals surface area contributed by atoms with Crippen molar-refractivity contribution in [3.05, 3.63) is 5.82 Å². The van der Waals surface area contributed by atoms with Gasteiger partial charge in [0.25, 0.3) is 0 Å². The van der Waals surface area contributed by atoms with E-state index in [4.69, 9.17) is 20.9 Å². The highest BCUT2D eigenvalue weighted by Crippen LogP contribution is 2.02. The van der Waals surface area contributed by atoms with E-state index >= 15 is 0 Å². The fraction of sp³-hybridized carbons (Fsp3) is 0.625. The standard InChI is InChI=1S/C8H15N5O2/c1-5(3-14-2)15-4-6-11-7(9)13-8(10)12-6/h5H,3-4H2,1-2H3,(H4,9,10,11,12,13). The Bertz CT molecular complexity index is 300. The fourth-order valence-electron chi connectivity index (χ4n) is 1.02. The maximum absolute atomic E-state index is 5.40. The first-order valence-electron chi connectivity index (χ1n) is 4.48. The van der Waals surface area contributed by atoms with Gasteiger partial charge in [0.05, 0.1) is 12.7 Å². The maximum atomic E-state index is 5.40. The molecule has 7 nitrogen and oxygen atoms in total. The van der Waals surface area contributed by atoms with Crippen LogP contribution in [0.3, 0.4) is 0 Å². The van der Waals surface area contributed by atoms with Crippen molar-refractivity contribution in [1.82, 2.24) is 15.0 Å². The average molecular weight is 213 g/mol. The molecule has 1 aromatic heterocycles. The smallest absolute Gasteiger partial charge is 0.225 e. The predicted octanol–water partition coefficient (Wildman–Crippen LogP) is -0.412. The van der Waals surface area contributed by atoms with Crippen LogP contribution in [0.15, 0.2) is 0 Å². The van der Waals surface area contributed by atoms with Gasteiger partial charge in [0, 0.05) is 7.11 Å². The first kappa shape index (κ1) is 11.6. The Morgan fingerprint density at radius 3 is 2.33 bits per heavy atom. The van der Waals surface area contributed by atoms with E-state index in [1.807, 2.05) is 6.92 Å². The van der Waals surface area contributed by atoms with Crippen molar-refractivity contribution in [3.63, 3.8) is 0 Å². The van der Waals surface area contributed by atoms with Crippen molar-refractivity contribution in [2.24, 2.45) is 0 Å². The lowest BCUT2D eigenvalue weighted by molar-refractivity contribution is -0.00269. The second-order valence-electron chi connectivity index (χ2n) is 3.04. The molecule has 84 valence electrons. The van der Waals surface area contributed by atoms with E-state index in [1.165, 1.54) is 0 Å². The summed E-state index contributed by atoms with van der Waals surface area (Å²) in [7, 11) is 1.61. The molecule has 1 atom stereocenters. The molecule has 0 aliphatic heterocycles. The zero-order valence-corrected chi connectivity index (χ0v) is 8.80. The van der Waals surface area contributed by atoms with Gasteiger partial charge < -0.3 is 20.9 Å². The first-order chi connectivity index (χ1) is 7.11. The number of ether oxygens (including phenoxy) is 2. The van der Waals surface area contributed by atoms with Crippen molar-refractivity contribution in [2.45, 2.75) is 19.6 Å². The van der Waals surface area contributed by atoms with Gasteiger partial charge in [-0.2, -0.15) is 15.0 Å². The topological polar surface area (TPSA) is 109 Å². The van der Waals surface area contributed by atoms with E-state index in [0.29, 0.717) is 12.4 Å². The van der Waals surface area contributed by atoms with Gasteiger partial charge in [-0.1, -0.05) is 0 Å². The van der Waals surface area contributed by atoms with Crippen molar-refractivity contribution in [2.75, 3.05) is 25.2 Å².